The van der Waals surface area contributed by atoms with E-state index in [0.29, 0.717) is 18.0 Å². The van der Waals surface area contributed by atoms with E-state index in [9.17, 15) is 9.59 Å². The summed E-state index contributed by atoms with van der Waals surface area (Å²) < 4.78 is 9.67. The van der Waals surface area contributed by atoms with Crippen molar-refractivity contribution in [3.63, 3.8) is 0 Å². The van der Waals surface area contributed by atoms with Crippen molar-refractivity contribution in [2.75, 3.05) is 31.0 Å². The average Bonchev–Trinajstić information content (AvgIpc) is 2.48. The smallest absolute Gasteiger partial charge is 0.411 e. The highest BCUT2D eigenvalue weighted by Gasteiger charge is 2.04. The molecule has 0 heterocycles. The summed E-state index contributed by atoms with van der Waals surface area (Å²) in [5.74, 6) is -0.252. The summed E-state index contributed by atoms with van der Waals surface area (Å²) in [4.78, 5) is 23.1. The van der Waals surface area contributed by atoms with Crippen LogP contribution >= 0.6 is 0 Å². The SMILES string of the molecule is C/C=C/C=C/C(=O)Nc1cccc(NC(=O)OCCOC)c1. The van der Waals surface area contributed by atoms with Crippen LogP contribution in [0.25, 0.3) is 0 Å². The Morgan fingerprint density at radius 3 is 2.55 bits per heavy atom. The first-order chi connectivity index (χ1) is 10.7. The highest BCUT2D eigenvalue weighted by Crippen LogP contribution is 2.15. The Bertz CT molecular complexity index is 553. The van der Waals surface area contributed by atoms with Crippen LogP contribution in [-0.4, -0.2) is 32.3 Å². The molecule has 0 spiro atoms. The summed E-state index contributed by atoms with van der Waals surface area (Å²) >= 11 is 0. The molecular formula is C16H20N2O4. The molecule has 1 rings (SSSR count). The van der Waals surface area contributed by atoms with Crippen molar-refractivity contribution >= 4 is 23.4 Å². The third-order valence-electron chi connectivity index (χ3n) is 2.45. The van der Waals surface area contributed by atoms with Gasteiger partial charge in [-0.2, -0.15) is 0 Å². The topological polar surface area (TPSA) is 76.7 Å². The van der Waals surface area contributed by atoms with Crippen molar-refractivity contribution in [3.05, 3.63) is 48.6 Å². The lowest BCUT2D eigenvalue weighted by atomic mass is 10.2. The second-order valence-corrected chi connectivity index (χ2v) is 4.21. The van der Waals surface area contributed by atoms with E-state index in [2.05, 4.69) is 10.6 Å². The molecule has 6 heteroatoms. The number of ether oxygens (including phenoxy) is 2. The largest absolute Gasteiger partial charge is 0.447 e. The molecule has 0 aromatic heterocycles. The van der Waals surface area contributed by atoms with Crippen LogP contribution in [0.4, 0.5) is 16.2 Å². The number of amides is 2. The standard InChI is InChI=1S/C16H20N2O4/c1-3-4-5-9-15(19)17-13-7-6-8-14(12-13)18-16(20)22-11-10-21-2/h3-9,12H,10-11H2,1-2H3,(H,17,19)(H,18,20)/b4-3+,9-5+. The molecule has 2 N–H and O–H groups in total. The number of benzene rings is 1. The Hall–Kier alpha value is -2.60. The number of rotatable bonds is 7. The van der Waals surface area contributed by atoms with Crippen molar-refractivity contribution in [2.24, 2.45) is 0 Å². The van der Waals surface area contributed by atoms with E-state index in [-0.39, 0.29) is 12.5 Å². The van der Waals surface area contributed by atoms with Gasteiger partial charge in [0.05, 0.1) is 6.61 Å². The van der Waals surface area contributed by atoms with Gasteiger partial charge in [0, 0.05) is 24.6 Å². The van der Waals surface area contributed by atoms with Gasteiger partial charge in [0.2, 0.25) is 5.91 Å². The van der Waals surface area contributed by atoms with Crippen LogP contribution in [0.2, 0.25) is 0 Å². The van der Waals surface area contributed by atoms with Gasteiger partial charge in [-0.25, -0.2) is 4.79 Å². The van der Waals surface area contributed by atoms with Crippen LogP contribution < -0.4 is 10.6 Å². The fourth-order valence-corrected chi connectivity index (χ4v) is 1.48. The maximum absolute atomic E-state index is 11.6. The molecule has 1 aromatic rings. The lowest BCUT2D eigenvalue weighted by Gasteiger charge is -2.08. The van der Waals surface area contributed by atoms with Crippen molar-refractivity contribution in [1.29, 1.82) is 0 Å². The fourth-order valence-electron chi connectivity index (χ4n) is 1.48. The normalized spacial score (nSPS) is 10.8. The Labute approximate surface area is 129 Å². The van der Waals surface area contributed by atoms with Gasteiger partial charge in [-0.05, 0) is 25.1 Å². The number of hydrogen-bond acceptors (Lipinski definition) is 4. The molecule has 0 unspecified atom stereocenters. The number of hydrogen-bond donors (Lipinski definition) is 2. The molecule has 22 heavy (non-hydrogen) atoms. The van der Waals surface area contributed by atoms with Crippen LogP contribution in [-0.2, 0) is 14.3 Å². The third-order valence-corrected chi connectivity index (χ3v) is 2.45. The molecule has 0 saturated carbocycles. The molecule has 0 fully saturated rings. The minimum absolute atomic E-state index is 0.175. The summed E-state index contributed by atoms with van der Waals surface area (Å²) in [6, 6.07) is 6.78. The first-order valence-electron chi connectivity index (χ1n) is 6.79. The van der Waals surface area contributed by atoms with Gasteiger partial charge < -0.3 is 14.8 Å². The summed E-state index contributed by atoms with van der Waals surface area (Å²) in [6.45, 7) is 2.37. The van der Waals surface area contributed by atoms with Crippen LogP contribution in [0.1, 0.15) is 6.92 Å². The van der Waals surface area contributed by atoms with Gasteiger partial charge in [0.1, 0.15) is 6.61 Å². The van der Waals surface area contributed by atoms with Gasteiger partial charge in [-0.1, -0.05) is 24.3 Å². The number of carbonyl (C=O) groups is 2. The highest BCUT2D eigenvalue weighted by molar-refractivity contribution is 6.00. The number of carbonyl (C=O) groups excluding carboxylic acids is 2. The lowest BCUT2D eigenvalue weighted by molar-refractivity contribution is -0.111. The Morgan fingerprint density at radius 1 is 1.14 bits per heavy atom. The van der Waals surface area contributed by atoms with Crippen LogP contribution in [0.3, 0.4) is 0 Å². The van der Waals surface area contributed by atoms with E-state index in [1.807, 2.05) is 13.0 Å². The Kier molecular flexibility index (Phi) is 8.07. The number of nitrogens with one attached hydrogen (secondary N) is 2. The first kappa shape index (κ1) is 17.5. The molecule has 0 aliphatic heterocycles. The van der Waals surface area contributed by atoms with Gasteiger partial charge in [0.15, 0.2) is 0 Å². The van der Waals surface area contributed by atoms with Gasteiger partial charge >= 0.3 is 6.09 Å². The van der Waals surface area contributed by atoms with Gasteiger partial charge in [0.25, 0.3) is 0 Å². The molecule has 0 saturated heterocycles. The summed E-state index contributed by atoms with van der Waals surface area (Å²) in [7, 11) is 1.53. The van der Waals surface area contributed by atoms with E-state index in [0.717, 1.165) is 0 Å². The molecule has 0 aliphatic carbocycles. The van der Waals surface area contributed by atoms with Crippen LogP contribution in [0.5, 0.6) is 0 Å². The second-order valence-electron chi connectivity index (χ2n) is 4.21. The summed E-state index contributed by atoms with van der Waals surface area (Å²) in [5.41, 5.74) is 1.10. The van der Waals surface area contributed by atoms with Crippen LogP contribution in [0.15, 0.2) is 48.6 Å². The quantitative estimate of drug-likeness (QED) is 0.461. The Morgan fingerprint density at radius 2 is 1.86 bits per heavy atom. The molecular weight excluding hydrogens is 284 g/mol. The van der Waals surface area contributed by atoms with E-state index < -0.39 is 6.09 Å². The lowest BCUT2D eigenvalue weighted by Crippen LogP contribution is -2.16. The minimum Gasteiger partial charge on any atom is -0.447 e. The van der Waals surface area contributed by atoms with Crippen molar-refractivity contribution in [3.8, 4) is 0 Å². The molecule has 1 aromatic carbocycles. The van der Waals surface area contributed by atoms with Crippen molar-refractivity contribution < 1.29 is 19.1 Å². The Balaban J connectivity index is 2.54. The maximum Gasteiger partial charge on any atom is 0.411 e. The molecule has 0 aliphatic rings. The fraction of sp³-hybridized carbons (Fsp3) is 0.250. The molecule has 0 radical (unpaired) electrons. The predicted octanol–water partition coefficient (Wildman–Crippen LogP) is 2.95. The number of methoxy groups -OCH3 is 1. The van der Waals surface area contributed by atoms with E-state index in [1.165, 1.54) is 13.2 Å². The monoisotopic (exact) mass is 304 g/mol. The molecule has 0 atom stereocenters. The molecule has 6 nitrogen and oxygen atoms in total. The zero-order valence-corrected chi connectivity index (χ0v) is 12.7. The van der Waals surface area contributed by atoms with E-state index in [1.54, 1.807) is 36.4 Å². The maximum atomic E-state index is 11.6. The number of allylic oxidation sites excluding steroid dienone is 3. The van der Waals surface area contributed by atoms with Crippen LogP contribution in [0, 0.1) is 0 Å². The molecule has 0 bridgehead atoms. The van der Waals surface area contributed by atoms with E-state index in [4.69, 9.17) is 9.47 Å². The van der Waals surface area contributed by atoms with Gasteiger partial charge in [-0.15, -0.1) is 0 Å². The average molecular weight is 304 g/mol. The first-order valence-corrected chi connectivity index (χ1v) is 6.79. The minimum atomic E-state index is -0.575. The van der Waals surface area contributed by atoms with Crippen molar-refractivity contribution in [1.82, 2.24) is 0 Å². The second kappa shape index (κ2) is 10.2. The molecule has 118 valence electrons. The third kappa shape index (κ3) is 7.25. The van der Waals surface area contributed by atoms with Crippen molar-refractivity contribution in [2.45, 2.75) is 6.92 Å². The number of anilines is 2. The van der Waals surface area contributed by atoms with E-state index >= 15 is 0 Å². The van der Waals surface area contributed by atoms with Gasteiger partial charge in [-0.3, -0.25) is 10.1 Å². The zero-order valence-electron chi connectivity index (χ0n) is 12.7. The summed E-state index contributed by atoms with van der Waals surface area (Å²) in [6.07, 6.45) is 6.06. The zero-order chi connectivity index (χ0) is 16.2. The summed E-state index contributed by atoms with van der Waals surface area (Å²) in [5, 5.41) is 5.26. The predicted molar refractivity (Wildman–Crippen MR) is 85.9 cm³/mol. The molecule has 2 amide bonds. The highest BCUT2D eigenvalue weighted by atomic mass is 16.6.